The Hall–Kier alpha value is -2.14. The number of benzene rings is 2. The van der Waals surface area contributed by atoms with E-state index in [1.807, 2.05) is 55.5 Å². The Labute approximate surface area is 151 Å². The summed E-state index contributed by atoms with van der Waals surface area (Å²) in [5, 5.41) is 3.97. The fraction of sp³-hybridized carbons (Fsp3) is 0.263. The molecule has 0 bridgehead atoms. The molecule has 1 N–H and O–H groups in total. The molecule has 0 atom stereocenters. The van der Waals surface area contributed by atoms with Crippen LogP contribution in [-0.4, -0.2) is 18.7 Å². The van der Waals surface area contributed by atoms with Gasteiger partial charge in [0.05, 0.1) is 12.8 Å². The number of nitrogens with one attached hydrogen (secondary N) is 1. The van der Waals surface area contributed by atoms with Gasteiger partial charge in [-0.25, -0.2) is 5.43 Å². The molecule has 126 valence electrons. The van der Waals surface area contributed by atoms with E-state index in [-0.39, 0.29) is 5.91 Å². The Morgan fingerprint density at radius 1 is 1.17 bits per heavy atom. The van der Waals surface area contributed by atoms with Crippen molar-refractivity contribution in [1.82, 2.24) is 5.43 Å². The Morgan fingerprint density at radius 3 is 2.54 bits per heavy atom. The quantitative estimate of drug-likeness (QED) is 0.540. The molecule has 4 nitrogen and oxygen atoms in total. The van der Waals surface area contributed by atoms with Crippen molar-refractivity contribution in [3.05, 3.63) is 64.1 Å². The minimum Gasteiger partial charge on any atom is -0.494 e. The average Bonchev–Trinajstić information content (AvgIpc) is 2.58. The van der Waals surface area contributed by atoms with Gasteiger partial charge in [0.1, 0.15) is 5.75 Å². The summed E-state index contributed by atoms with van der Waals surface area (Å²) in [6.07, 6.45) is 3.73. The van der Waals surface area contributed by atoms with E-state index in [0.717, 1.165) is 28.6 Å². The number of halogens is 1. The third-order valence-electron chi connectivity index (χ3n) is 3.38. The molecule has 0 heterocycles. The van der Waals surface area contributed by atoms with Gasteiger partial charge in [0.15, 0.2) is 0 Å². The van der Waals surface area contributed by atoms with Crippen LogP contribution in [0, 0.1) is 0 Å². The van der Waals surface area contributed by atoms with Crippen LogP contribution in [0.15, 0.2) is 58.1 Å². The van der Waals surface area contributed by atoms with Crippen molar-refractivity contribution in [2.45, 2.75) is 26.2 Å². The van der Waals surface area contributed by atoms with Crippen molar-refractivity contribution in [1.29, 1.82) is 0 Å². The molecule has 0 unspecified atom stereocenters. The summed E-state index contributed by atoms with van der Waals surface area (Å²) >= 11 is 3.37. The number of amides is 1. The first-order valence-corrected chi connectivity index (χ1v) is 8.76. The topological polar surface area (TPSA) is 50.7 Å². The molecule has 5 heteroatoms. The van der Waals surface area contributed by atoms with Crippen molar-refractivity contribution < 1.29 is 9.53 Å². The Morgan fingerprint density at radius 2 is 1.88 bits per heavy atom. The first kappa shape index (κ1) is 18.2. The Bertz CT molecular complexity index is 667. The van der Waals surface area contributed by atoms with Crippen LogP contribution in [0.3, 0.4) is 0 Å². The zero-order chi connectivity index (χ0) is 17.2. The lowest BCUT2D eigenvalue weighted by Crippen LogP contribution is -2.17. The number of hydrazone groups is 1. The minimum absolute atomic E-state index is 0.0747. The molecule has 0 saturated heterocycles. The summed E-state index contributed by atoms with van der Waals surface area (Å²) in [6.45, 7) is 2.63. The van der Waals surface area contributed by atoms with Gasteiger partial charge in [-0.1, -0.05) is 40.2 Å². The first-order chi connectivity index (χ1) is 11.7. The molecule has 0 fully saturated rings. The van der Waals surface area contributed by atoms with Gasteiger partial charge in [-0.05, 0) is 55.2 Å². The maximum absolute atomic E-state index is 11.8. The van der Waals surface area contributed by atoms with E-state index in [2.05, 4.69) is 26.5 Å². The summed E-state index contributed by atoms with van der Waals surface area (Å²) in [5.41, 5.74) is 4.69. The normalized spacial score (nSPS) is 10.8. The number of aryl methyl sites for hydroxylation is 1. The van der Waals surface area contributed by atoms with E-state index < -0.39 is 0 Å². The standard InChI is InChI=1S/C19H21BrN2O2/c1-2-24-18-12-8-15(9-13-18)4-3-5-19(23)22-21-14-16-6-10-17(20)11-7-16/h6-14H,2-5H2,1H3,(H,22,23)/b21-14+. The van der Waals surface area contributed by atoms with Crippen molar-refractivity contribution in [2.24, 2.45) is 5.10 Å². The zero-order valence-electron chi connectivity index (χ0n) is 13.7. The van der Waals surface area contributed by atoms with Crippen LogP contribution in [0.4, 0.5) is 0 Å². The van der Waals surface area contributed by atoms with E-state index in [4.69, 9.17) is 4.74 Å². The molecule has 0 radical (unpaired) electrons. The van der Waals surface area contributed by atoms with Crippen LogP contribution in [-0.2, 0) is 11.2 Å². The second-order valence-electron chi connectivity index (χ2n) is 5.28. The van der Waals surface area contributed by atoms with E-state index in [1.54, 1.807) is 6.21 Å². The van der Waals surface area contributed by atoms with E-state index in [1.165, 1.54) is 5.56 Å². The van der Waals surface area contributed by atoms with Gasteiger partial charge < -0.3 is 4.74 Å². The number of hydrogen-bond donors (Lipinski definition) is 1. The number of nitrogens with zero attached hydrogens (tertiary/aromatic N) is 1. The number of carbonyl (C=O) groups is 1. The molecule has 0 aliphatic rings. The molecule has 2 aromatic carbocycles. The molecule has 2 rings (SSSR count). The van der Waals surface area contributed by atoms with E-state index in [9.17, 15) is 4.79 Å². The SMILES string of the molecule is CCOc1ccc(CCCC(=O)N/N=C/c2ccc(Br)cc2)cc1. The highest BCUT2D eigenvalue weighted by atomic mass is 79.9. The van der Waals surface area contributed by atoms with Crippen LogP contribution in [0.2, 0.25) is 0 Å². The summed E-state index contributed by atoms with van der Waals surface area (Å²) in [7, 11) is 0. The van der Waals surface area contributed by atoms with Gasteiger partial charge in [-0.15, -0.1) is 0 Å². The number of carbonyl (C=O) groups excluding carboxylic acids is 1. The Kier molecular flexibility index (Phi) is 7.49. The van der Waals surface area contributed by atoms with Gasteiger partial charge in [0.2, 0.25) is 5.91 Å². The molecule has 0 spiro atoms. The van der Waals surface area contributed by atoms with E-state index in [0.29, 0.717) is 13.0 Å². The van der Waals surface area contributed by atoms with Gasteiger partial charge in [-0.2, -0.15) is 5.10 Å². The molecule has 0 aromatic heterocycles. The molecular weight excluding hydrogens is 368 g/mol. The molecule has 1 amide bonds. The summed E-state index contributed by atoms with van der Waals surface area (Å²) in [5.74, 6) is 0.801. The second-order valence-corrected chi connectivity index (χ2v) is 6.19. The van der Waals surface area contributed by atoms with Crippen molar-refractivity contribution in [2.75, 3.05) is 6.61 Å². The van der Waals surface area contributed by atoms with Crippen LogP contribution in [0.5, 0.6) is 5.75 Å². The molecule has 24 heavy (non-hydrogen) atoms. The maximum atomic E-state index is 11.8. The molecule has 0 saturated carbocycles. The zero-order valence-corrected chi connectivity index (χ0v) is 15.3. The van der Waals surface area contributed by atoms with Crippen LogP contribution >= 0.6 is 15.9 Å². The second kappa shape index (κ2) is 9.88. The predicted molar refractivity (Wildman–Crippen MR) is 100 cm³/mol. The first-order valence-electron chi connectivity index (χ1n) is 7.96. The fourth-order valence-electron chi connectivity index (χ4n) is 2.16. The molecule has 2 aromatic rings. The summed E-state index contributed by atoms with van der Waals surface area (Å²) in [6, 6.07) is 15.7. The summed E-state index contributed by atoms with van der Waals surface area (Å²) < 4.78 is 6.42. The van der Waals surface area contributed by atoms with Crippen LogP contribution in [0.1, 0.15) is 30.9 Å². The van der Waals surface area contributed by atoms with Gasteiger partial charge >= 0.3 is 0 Å². The Balaban J connectivity index is 1.68. The summed E-state index contributed by atoms with van der Waals surface area (Å²) in [4.78, 5) is 11.8. The van der Waals surface area contributed by atoms with Crippen LogP contribution in [0.25, 0.3) is 0 Å². The average molecular weight is 389 g/mol. The third kappa shape index (κ3) is 6.54. The fourth-order valence-corrected chi connectivity index (χ4v) is 2.42. The lowest BCUT2D eigenvalue weighted by Gasteiger charge is -2.05. The smallest absolute Gasteiger partial charge is 0.240 e. The van der Waals surface area contributed by atoms with Gasteiger partial charge in [0.25, 0.3) is 0 Å². The number of ether oxygens (including phenoxy) is 1. The molecule has 0 aliphatic carbocycles. The number of rotatable bonds is 8. The highest BCUT2D eigenvalue weighted by Gasteiger charge is 2.01. The third-order valence-corrected chi connectivity index (χ3v) is 3.91. The van der Waals surface area contributed by atoms with Crippen molar-refractivity contribution in [3.63, 3.8) is 0 Å². The monoisotopic (exact) mass is 388 g/mol. The highest BCUT2D eigenvalue weighted by Crippen LogP contribution is 2.13. The van der Waals surface area contributed by atoms with Gasteiger partial charge in [-0.3, -0.25) is 4.79 Å². The van der Waals surface area contributed by atoms with E-state index >= 15 is 0 Å². The maximum Gasteiger partial charge on any atom is 0.240 e. The molecular formula is C19H21BrN2O2. The minimum atomic E-state index is -0.0747. The van der Waals surface area contributed by atoms with Crippen molar-refractivity contribution >= 4 is 28.1 Å². The lowest BCUT2D eigenvalue weighted by atomic mass is 10.1. The van der Waals surface area contributed by atoms with Crippen molar-refractivity contribution in [3.8, 4) is 5.75 Å². The van der Waals surface area contributed by atoms with Gasteiger partial charge in [0, 0.05) is 10.9 Å². The van der Waals surface area contributed by atoms with Crippen LogP contribution < -0.4 is 10.2 Å². The molecule has 0 aliphatic heterocycles. The lowest BCUT2D eigenvalue weighted by molar-refractivity contribution is -0.121. The predicted octanol–water partition coefficient (Wildman–Crippen LogP) is 4.32. The number of hydrogen-bond acceptors (Lipinski definition) is 3. The largest absolute Gasteiger partial charge is 0.494 e. The highest BCUT2D eigenvalue weighted by molar-refractivity contribution is 9.10.